The Morgan fingerprint density at radius 3 is 2.53 bits per heavy atom. The van der Waals surface area contributed by atoms with E-state index < -0.39 is 17.6 Å². The fraction of sp³-hybridized carbons (Fsp3) is 0.0476. The molecule has 1 aromatic heterocycles. The summed E-state index contributed by atoms with van der Waals surface area (Å²) in [5.41, 5.74) is -0.847. The lowest BCUT2D eigenvalue weighted by Crippen LogP contribution is -2.14. The van der Waals surface area contributed by atoms with Gasteiger partial charge in [-0.3, -0.25) is 4.79 Å². The maximum absolute atomic E-state index is 12.8. The third-order valence-corrected chi connectivity index (χ3v) is 4.76. The number of hydrogen-bond acceptors (Lipinski definition) is 3. The molecule has 152 valence electrons. The van der Waals surface area contributed by atoms with Crippen LogP contribution in [0, 0.1) is 11.3 Å². The molecule has 0 bridgehead atoms. The van der Waals surface area contributed by atoms with Crippen molar-refractivity contribution in [1.82, 2.24) is 0 Å². The number of carbonyl (C=O) groups is 1. The van der Waals surface area contributed by atoms with Crippen molar-refractivity contribution in [3.8, 4) is 17.4 Å². The second-order valence-corrected chi connectivity index (χ2v) is 6.79. The zero-order valence-corrected chi connectivity index (χ0v) is 16.4. The van der Waals surface area contributed by atoms with Gasteiger partial charge in [0.05, 0.1) is 15.6 Å². The van der Waals surface area contributed by atoms with Crippen molar-refractivity contribution in [3.63, 3.8) is 0 Å². The first-order valence-electron chi connectivity index (χ1n) is 8.33. The molecule has 0 aliphatic rings. The molecule has 3 aromatic rings. The summed E-state index contributed by atoms with van der Waals surface area (Å²) in [6.45, 7) is 0. The number of rotatable bonds is 4. The number of alkyl halides is 3. The second-order valence-electron chi connectivity index (χ2n) is 6.01. The molecule has 0 aliphatic carbocycles. The molecule has 0 spiro atoms. The van der Waals surface area contributed by atoms with Crippen LogP contribution in [0.5, 0.6) is 0 Å². The highest BCUT2D eigenvalue weighted by molar-refractivity contribution is 6.43. The number of halogens is 5. The van der Waals surface area contributed by atoms with E-state index in [2.05, 4.69) is 5.32 Å². The van der Waals surface area contributed by atoms with Crippen LogP contribution < -0.4 is 5.32 Å². The Hall–Kier alpha value is -3.21. The van der Waals surface area contributed by atoms with Gasteiger partial charge < -0.3 is 9.73 Å². The smallest absolute Gasteiger partial charge is 0.416 e. The highest BCUT2D eigenvalue weighted by Crippen LogP contribution is 2.35. The Labute approximate surface area is 179 Å². The molecule has 1 amide bonds. The Kier molecular flexibility index (Phi) is 6.20. The molecule has 0 fully saturated rings. The van der Waals surface area contributed by atoms with E-state index in [0.29, 0.717) is 16.3 Å². The van der Waals surface area contributed by atoms with Gasteiger partial charge in [-0.05, 0) is 42.5 Å². The van der Waals surface area contributed by atoms with Crippen LogP contribution in [0.15, 0.2) is 64.6 Å². The van der Waals surface area contributed by atoms with E-state index in [1.54, 1.807) is 30.3 Å². The van der Waals surface area contributed by atoms with E-state index >= 15 is 0 Å². The van der Waals surface area contributed by atoms with Gasteiger partial charge >= 0.3 is 6.18 Å². The first-order valence-corrected chi connectivity index (χ1v) is 9.09. The minimum atomic E-state index is -4.55. The topological polar surface area (TPSA) is 66.0 Å². The monoisotopic (exact) mass is 450 g/mol. The first kappa shape index (κ1) is 21.5. The number of nitrogens with one attached hydrogen (secondary N) is 1. The molecule has 0 saturated carbocycles. The van der Waals surface area contributed by atoms with Gasteiger partial charge in [-0.15, -0.1) is 0 Å². The second kappa shape index (κ2) is 8.66. The molecule has 0 radical (unpaired) electrons. The molecular formula is C21H11Cl2F3N2O2. The molecular weight excluding hydrogens is 440 g/mol. The summed E-state index contributed by atoms with van der Waals surface area (Å²) in [6.07, 6.45) is -3.38. The maximum atomic E-state index is 12.8. The average Bonchev–Trinajstić information content (AvgIpc) is 3.16. The summed E-state index contributed by atoms with van der Waals surface area (Å²) < 4.78 is 44.0. The predicted octanol–water partition coefficient (Wildman–Crippen LogP) is 6.82. The highest BCUT2D eigenvalue weighted by atomic mass is 35.5. The fourth-order valence-electron chi connectivity index (χ4n) is 2.53. The van der Waals surface area contributed by atoms with Crippen LogP contribution in [-0.4, -0.2) is 5.91 Å². The Bertz CT molecular complexity index is 1180. The number of anilines is 1. The van der Waals surface area contributed by atoms with E-state index in [0.717, 1.165) is 18.2 Å². The van der Waals surface area contributed by atoms with Crippen LogP contribution in [0.25, 0.3) is 17.4 Å². The normalized spacial score (nSPS) is 11.8. The SMILES string of the molecule is N#CC(=Cc1ccc(-c2cccc(Cl)c2Cl)o1)C(=O)Nc1cccc(C(F)(F)F)c1. The third kappa shape index (κ3) is 4.85. The minimum Gasteiger partial charge on any atom is -0.457 e. The number of hydrogen-bond donors (Lipinski definition) is 1. The largest absolute Gasteiger partial charge is 0.457 e. The molecule has 0 unspecified atom stereocenters. The zero-order valence-electron chi connectivity index (χ0n) is 14.9. The van der Waals surface area contributed by atoms with Crippen LogP contribution in [0.2, 0.25) is 10.0 Å². The van der Waals surface area contributed by atoms with Gasteiger partial charge in [0.25, 0.3) is 5.91 Å². The molecule has 1 heterocycles. The number of nitriles is 1. The number of carbonyl (C=O) groups excluding carboxylic acids is 1. The van der Waals surface area contributed by atoms with Gasteiger partial charge in [0.15, 0.2) is 0 Å². The Morgan fingerprint density at radius 2 is 1.83 bits per heavy atom. The predicted molar refractivity (Wildman–Crippen MR) is 108 cm³/mol. The zero-order chi connectivity index (χ0) is 21.9. The molecule has 2 aromatic carbocycles. The summed E-state index contributed by atoms with van der Waals surface area (Å²) in [7, 11) is 0. The molecule has 30 heavy (non-hydrogen) atoms. The van der Waals surface area contributed by atoms with E-state index in [-0.39, 0.29) is 22.0 Å². The standard InChI is InChI=1S/C21H11Cl2F3N2O2/c22-17-6-2-5-16(19(17)23)18-8-7-15(30-18)9-12(11-27)20(29)28-14-4-1-3-13(10-14)21(24,25)26/h1-10H,(H,28,29). The number of nitrogens with zero attached hydrogens (tertiary/aromatic N) is 1. The number of amides is 1. The van der Waals surface area contributed by atoms with Crippen molar-refractivity contribution in [2.24, 2.45) is 0 Å². The van der Waals surface area contributed by atoms with Crippen LogP contribution >= 0.6 is 23.2 Å². The molecule has 1 N–H and O–H groups in total. The van der Waals surface area contributed by atoms with Crippen molar-refractivity contribution in [2.75, 3.05) is 5.32 Å². The van der Waals surface area contributed by atoms with Gasteiger partial charge in [0.1, 0.15) is 23.2 Å². The molecule has 3 rings (SSSR count). The van der Waals surface area contributed by atoms with Crippen LogP contribution in [0.4, 0.5) is 18.9 Å². The van der Waals surface area contributed by atoms with Crippen molar-refractivity contribution in [3.05, 3.63) is 81.5 Å². The lowest BCUT2D eigenvalue weighted by atomic mass is 10.1. The molecule has 9 heteroatoms. The van der Waals surface area contributed by atoms with Crippen molar-refractivity contribution < 1.29 is 22.4 Å². The average molecular weight is 451 g/mol. The first-order chi connectivity index (χ1) is 14.2. The summed E-state index contributed by atoms with van der Waals surface area (Å²) in [4.78, 5) is 12.3. The van der Waals surface area contributed by atoms with Crippen LogP contribution in [-0.2, 0) is 11.0 Å². The molecule has 0 aliphatic heterocycles. The van der Waals surface area contributed by atoms with Gasteiger partial charge in [-0.1, -0.05) is 35.3 Å². The Balaban J connectivity index is 1.83. The van der Waals surface area contributed by atoms with E-state index in [4.69, 9.17) is 27.6 Å². The fourth-order valence-corrected chi connectivity index (χ4v) is 2.93. The van der Waals surface area contributed by atoms with Crippen LogP contribution in [0.3, 0.4) is 0 Å². The highest BCUT2D eigenvalue weighted by Gasteiger charge is 2.30. The van der Waals surface area contributed by atoms with Gasteiger partial charge in [-0.2, -0.15) is 18.4 Å². The molecule has 4 nitrogen and oxygen atoms in total. The van der Waals surface area contributed by atoms with Crippen LogP contribution in [0.1, 0.15) is 11.3 Å². The minimum absolute atomic E-state index is 0.0955. The lowest BCUT2D eigenvalue weighted by Gasteiger charge is -2.09. The maximum Gasteiger partial charge on any atom is 0.416 e. The van der Waals surface area contributed by atoms with E-state index in [1.807, 2.05) is 0 Å². The summed E-state index contributed by atoms with van der Waals surface area (Å²) in [6, 6.07) is 13.9. The summed E-state index contributed by atoms with van der Waals surface area (Å²) in [5, 5.41) is 12.2. The lowest BCUT2D eigenvalue weighted by molar-refractivity contribution is -0.137. The quantitative estimate of drug-likeness (QED) is 0.350. The van der Waals surface area contributed by atoms with E-state index in [1.165, 1.54) is 18.2 Å². The van der Waals surface area contributed by atoms with Crippen molar-refractivity contribution in [1.29, 1.82) is 5.26 Å². The Morgan fingerprint density at radius 1 is 1.10 bits per heavy atom. The summed E-state index contributed by atoms with van der Waals surface area (Å²) in [5.74, 6) is -0.336. The number of benzene rings is 2. The van der Waals surface area contributed by atoms with Gasteiger partial charge in [-0.25, -0.2) is 0 Å². The van der Waals surface area contributed by atoms with Gasteiger partial charge in [0, 0.05) is 17.3 Å². The summed E-state index contributed by atoms with van der Waals surface area (Å²) >= 11 is 12.1. The molecule has 0 atom stereocenters. The van der Waals surface area contributed by atoms with Gasteiger partial charge in [0.2, 0.25) is 0 Å². The van der Waals surface area contributed by atoms with Crippen molar-refractivity contribution in [2.45, 2.75) is 6.18 Å². The van der Waals surface area contributed by atoms with Crippen molar-refractivity contribution >= 4 is 40.9 Å². The third-order valence-electron chi connectivity index (χ3n) is 3.94. The number of furan rings is 1. The molecule has 0 saturated heterocycles. The van der Waals surface area contributed by atoms with E-state index in [9.17, 15) is 23.2 Å².